The minimum Gasteiger partial charge on any atom is -0.322 e. The van der Waals surface area contributed by atoms with E-state index in [1.54, 1.807) is 25.1 Å². The number of anilines is 1. The number of nitrogens with zero attached hydrogens (tertiary/aromatic N) is 2. The minimum atomic E-state index is -3.53. The maximum atomic E-state index is 12.4. The summed E-state index contributed by atoms with van der Waals surface area (Å²) in [6.45, 7) is 1.81. The van der Waals surface area contributed by atoms with Gasteiger partial charge < -0.3 is 5.32 Å². The van der Waals surface area contributed by atoms with Crippen molar-refractivity contribution in [2.75, 3.05) is 12.4 Å². The molecule has 0 atom stereocenters. The van der Waals surface area contributed by atoms with Crippen LogP contribution in [0.3, 0.4) is 0 Å². The predicted octanol–water partition coefficient (Wildman–Crippen LogP) is 1.94. The maximum absolute atomic E-state index is 12.4. The number of aromatic nitrogens is 3. The summed E-state index contributed by atoms with van der Waals surface area (Å²) in [6.07, 6.45) is 0. The van der Waals surface area contributed by atoms with Gasteiger partial charge in [-0.05, 0) is 50.4 Å². The molecule has 0 radical (unpaired) electrons. The van der Waals surface area contributed by atoms with Crippen LogP contribution in [-0.2, 0) is 10.0 Å². The minimum absolute atomic E-state index is 0.0959. The molecule has 1 aromatic heterocycles. The lowest BCUT2D eigenvalue weighted by molar-refractivity contribution is 0.102. The number of carbonyl (C=O) groups excluding carboxylic acids is 1. The number of sulfonamides is 1. The Morgan fingerprint density at radius 1 is 1.12 bits per heavy atom. The van der Waals surface area contributed by atoms with Gasteiger partial charge >= 0.3 is 0 Å². The number of hydrogen-bond acceptors (Lipinski definition) is 5. The monoisotopic (exact) mass is 371 g/mol. The fourth-order valence-electron chi connectivity index (χ4n) is 2.31. The van der Waals surface area contributed by atoms with E-state index in [2.05, 4.69) is 25.2 Å². The Hall–Kier alpha value is -3.04. The molecule has 0 spiro atoms. The lowest BCUT2D eigenvalue weighted by Gasteiger charge is -2.07. The van der Waals surface area contributed by atoms with Crippen molar-refractivity contribution in [1.29, 1.82) is 0 Å². The van der Waals surface area contributed by atoms with Crippen LogP contribution in [0, 0.1) is 6.92 Å². The van der Waals surface area contributed by atoms with E-state index in [9.17, 15) is 13.2 Å². The Kier molecular flexibility index (Phi) is 4.83. The number of amides is 1. The zero-order valence-electron chi connectivity index (χ0n) is 14.1. The molecule has 8 nitrogen and oxygen atoms in total. The highest BCUT2D eigenvalue weighted by molar-refractivity contribution is 7.89. The summed E-state index contributed by atoms with van der Waals surface area (Å²) in [4.78, 5) is 16.7. The van der Waals surface area contributed by atoms with Crippen LogP contribution in [0.5, 0.6) is 0 Å². The topological polar surface area (TPSA) is 117 Å². The fraction of sp³-hybridized carbons (Fsp3) is 0.118. The van der Waals surface area contributed by atoms with Crippen molar-refractivity contribution in [2.45, 2.75) is 11.8 Å². The summed E-state index contributed by atoms with van der Waals surface area (Å²) >= 11 is 0. The van der Waals surface area contributed by atoms with Gasteiger partial charge in [-0.1, -0.05) is 12.1 Å². The van der Waals surface area contributed by atoms with Gasteiger partial charge in [0.15, 0.2) is 5.82 Å². The van der Waals surface area contributed by atoms with E-state index in [-0.39, 0.29) is 10.8 Å². The van der Waals surface area contributed by atoms with Crippen molar-refractivity contribution in [3.05, 3.63) is 59.9 Å². The zero-order chi connectivity index (χ0) is 18.7. The highest BCUT2D eigenvalue weighted by atomic mass is 32.2. The first-order valence-corrected chi connectivity index (χ1v) is 9.22. The van der Waals surface area contributed by atoms with Gasteiger partial charge in [0.1, 0.15) is 5.82 Å². The van der Waals surface area contributed by atoms with E-state index >= 15 is 0 Å². The Morgan fingerprint density at radius 2 is 1.85 bits per heavy atom. The van der Waals surface area contributed by atoms with Crippen LogP contribution < -0.4 is 10.0 Å². The summed E-state index contributed by atoms with van der Waals surface area (Å²) in [5.41, 5.74) is 1.70. The van der Waals surface area contributed by atoms with E-state index < -0.39 is 10.0 Å². The first kappa shape index (κ1) is 17.8. The molecule has 134 valence electrons. The summed E-state index contributed by atoms with van der Waals surface area (Å²) in [7, 11) is -2.20. The molecule has 3 rings (SSSR count). The first-order chi connectivity index (χ1) is 12.4. The Morgan fingerprint density at radius 3 is 2.46 bits per heavy atom. The van der Waals surface area contributed by atoms with Crippen molar-refractivity contribution in [3.63, 3.8) is 0 Å². The van der Waals surface area contributed by atoms with E-state index in [0.717, 1.165) is 5.56 Å². The molecule has 1 amide bonds. The average Bonchev–Trinajstić information content (AvgIpc) is 3.08. The van der Waals surface area contributed by atoms with Crippen molar-refractivity contribution in [3.8, 4) is 11.4 Å². The Bertz CT molecular complexity index is 1040. The second kappa shape index (κ2) is 7.06. The number of aromatic amines is 1. The number of carbonyl (C=O) groups is 1. The quantitative estimate of drug-likeness (QED) is 0.634. The molecule has 0 fully saturated rings. The molecule has 3 aromatic rings. The van der Waals surface area contributed by atoms with Crippen LogP contribution in [0.2, 0.25) is 0 Å². The molecular weight excluding hydrogens is 354 g/mol. The SMILES string of the molecule is CNS(=O)(=O)c1ccc(C(=O)Nc2cccc(-c3n[nH]c(C)n3)c2)cc1. The molecule has 0 aliphatic carbocycles. The van der Waals surface area contributed by atoms with Crippen LogP contribution in [0.4, 0.5) is 5.69 Å². The van der Waals surface area contributed by atoms with Crippen LogP contribution in [0.25, 0.3) is 11.4 Å². The molecule has 3 N–H and O–H groups in total. The number of H-pyrrole nitrogens is 1. The van der Waals surface area contributed by atoms with Crippen LogP contribution in [0.15, 0.2) is 53.4 Å². The molecule has 9 heteroatoms. The van der Waals surface area contributed by atoms with Gasteiger partial charge in [-0.2, -0.15) is 5.10 Å². The van der Waals surface area contributed by atoms with E-state index in [1.807, 2.05) is 6.07 Å². The lowest BCUT2D eigenvalue weighted by atomic mass is 10.1. The summed E-state index contributed by atoms with van der Waals surface area (Å²) < 4.78 is 25.7. The molecule has 2 aromatic carbocycles. The van der Waals surface area contributed by atoms with Crippen molar-refractivity contribution in [2.24, 2.45) is 0 Å². The number of aryl methyl sites for hydroxylation is 1. The maximum Gasteiger partial charge on any atom is 0.255 e. The van der Waals surface area contributed by atoms with Crippen LogP contribution in [0.1, 0.15) is 16.2 Å². The second-order valence-corrected chi connectivity index (χ2v) is 7.40. The molecule has 1 heterocycles. The van der Waals surface area contributed by atoms with Crippen LogP contribution in [-0.4, -0.2) is 36.6 Å². The molecule has 0 aliphatic rings. The number of nitrogens with one attached hydrogen (secondary N) is 3. The first-order valence-electron chi connectivity index (χ1n) is 7.73. The molecule has 0 saturated heterocycles. The Balaban J connectivity index is 1.78. The third kappa shape index (κ3) is 3.79. The van der Waals surface area contributed by atoms with Crippen molar-refractivity contribution in [1.82, 2.24) is 19.9 Å². The summed E-state index contributed by atoms with van der Waals surface area (Å²) in [5, 5.41) is 9.64. The second-order valence-electron chi connectivity index (χ2n) is 5.51. The third-order valence-corrected chi connectivity index (χ3v) is 5.10. The number of rotatable bonds is 5. The third-order valence-electron chi connectivity index (χ3n) is 3.67. The fourth-order valence-corrected chi connectivity index (χ4v) is 3.04. The van der Waals surface area contributed by atoms with Gasteiger partial charge in [-0.15, -0.1) is 0 Å². The van der Waals surface area contributed by atoms with E-state index in [1.165, 1.54) is 31.3 Å². The largest absolute Gasteiger partial charge is 0.322 e. The summed E-state index contributed by atoms with van der Waals surface area (Å²) in [5.74, 6) is 0.896. The molecule has 0 bridgehead atoms. The molecule has 0 aliphatic heterocycles. The average molecular weight is 371 g/mol. The standard InChI is InChI=1S/C17H17N5O3S/c1-11-19-16(22-21-11)13-4-3-5-14(10-13)20-17(23)12-6-8-15(9-7-12)26(24,25)18-2/h3-10,18H,1-2H3,(H,20,23)(H,19,21,22). The molecule has 0 saturated carbocycles. The van der Waals surface area contributed by atoms with Gasteiger partial charge in [-0.25, -0.2) is 18.1 Å². The van der Waals surface area contributed by atoms with Crippen molar-refractivity contribution < 1.29 is 13.2 Å². The number of benzene rings is 2. The van der Waals surface area contributed by atoms with Gasteiger partial charge in [0.25, 0.3) is 5.91 Å². The lowest BCUT2D eigenvalue weighted by Crippen LogP contribution is -2.19. The normalized spacial score (nSPS) is 11.3. The number of hydrogen-bond donors (Lipinski definition) is 3. The molecule has 26 heavy (non-hydrogen) atoms. The van der Waals surface area contributed by atoms with Crippen molar-refractivity contribution >= 4 is 21.6 Å². The van der Waals surface area contributed by atoms with E-state index in [4.69, 9.17) is 0 Å². The zero-order valence-corrected chi connectivity index (χ0v) is 15.0. The van der Waals surface area contributed by atoms with Gasteiger partial charge in [0, 0.05) is 16.8 Å². The molecule has 0 unspecified atom stereocenters. The smallest absolute Gasteiger partial charge is 0.255 e. The highest BCUT2D eigenvalue weighted by Gasteiger charge is 2.13. The van der Waals surface area contributed by atoms with Gasteiger partial charge in [-0.3, -0.25) is 9.89 Å². The van der Waals surface area contributed by atoms with Gasteiger partial charge in [0.05, 0.1) is 4.90 Å². The predicted molar refractivity (Wildman–Crippen MR) is 97.2 cm³/mol. The van der Waals surface area contributed by atoms with Crippen LogP contribution >= 0.6 is 0 Å². The van der Waals surface area contributed by atoms with E-state index in [0.29, 0.717) is 22.9 Å². The van der Waals surface area contributed by atoms with Gasteiger partial charge in [0.2, 0.25) is 10.0 Å². The Labute approximate surface area is 150 Å². The summed E-state index contributed by atoms with van der Waals surface area (Å²) in [6, 6.07) is 12.8. The highest BCUT2D eigenvalue weighted by Crippen LogP contribution is 2.20. The molecular formula is C17H17N5O3S.